The summed E-state index contributed by atoms with van der Waals surface area (Å²) in [4.78, 5) is 14.2. The van der Waals surface area contributed by atoms with Crippen molar-refractivity contribution in [3.63, 3.8) is 0 Å². The van der Waals surface area contributed by atoms with Gasteiger partial charge in [0.15, 0.2) is 5.66 Å². The summed E-state index contributed by atoms with van der Waals surface area (Å²) in [5.41, 5.74) is 12.3. The lowest BCUT2D eigenvalue weighted by molar-refractivity contribution is -0.158. The fourth-order valence-electron chi connectivity index (χ4n) is 3.16. The molecule has 3 rings (SSSR count). The van der Waals surface area contributed by atoms with E-state index in [1.807, 2.05) is 13.8 Å². The minimum absolute atomic E-state index is 0.187. The average Bonchev–Trinajstić information content (AvgIpc) is 3.30. The second-order valence-corrected chi connectivity index (χ2v) is 6.71. The molecule has 1 fully saturated rings. The molecule has 6 heteroatoms. The van der Waals surface area contributed by atoms with Gasteiger partial charge in [-0.05, 0) is 50.5 Å². The van der Waals surface area contributed by atoms with Gasteiger partial charge in [0.25, 0.3) is 0 Å². The van der Waals surface area contributed by atoms with Gasteiger partial charge in [0, 0.05) is 0 Å². The Bertz CT molecular complexity index is 607. The zero-order chi connectivity index (χ0) is 16.4. The van der Waals surface area contributed by atoms with Crippen LogP contribution in [0.2, 0.25) is 0 Å². The van der Waals surface area contributed by atoms with Crippen LogP contribution in [0, 0.1) is 5.92 Å². The van der Waals surface area contributed by atoms with Gasteiger partial charge in [-0.25, -0.2) is 4.99 Å². The molecule has 0 amide bonds. The van der Waals surface area contributed by atoms with Crippen molar-refractivity contribution in [3.05, 3.63) is 35.9 Å². The molecule has 0 radical (unpaired) electrons. The Morgan fingerprint density at radius 2 is 1.96 bits per heavy atom. The largest absolute Gasteiger partial charge is 0.368 e. The van der Waals surface area contributed by atoms with Gasteiger partial charge in [-0.15, -0.1) is 0 Å². The van der Waals surface area contributed by atoms with Gasteiger partial charge in [0.1, 0.15) is 0 Å². The van der Waals surface area contributed by atoms with E-state index >= 15 is 0 Å². The molecular weight excluding hydrogens is 290 g/mol. The Balaban J connectivity index is 1.61. The maximum absolute atomic E-state index is 5.94. The summed E-state index contributed by atoms with van der Waals surface area (Å²) in [7, 11) is 0. The van der Waals surface area contributed by atoms with Crippen molar-refractivity contribution in [3.8, 4) is 0 Å². The first-order valence-corrected chi connectivity index (χ1v) is 8.15. The maximum atomic E-state index is 5.94. The minimum Gasteiger partial charge on any atom is -0.368 e. The zero-order valence-corrected chi connectivity index (χ0v) is 13.8. The summed E-state index contributed by atoms with van der Waals surface area (Å²) >= 11 is 0. The summed E-state index contributed by atoms with van der Waals surface area (Å²) in [5, 5.41) is 1.55. The number of aliphatic imine (C=N–C) groups is 2. The molecule has 0 saturated heterocycles. The Morgan fingerprint density at radius 3 is 2.57 bits per heavy atom. The number of nitrogens with zero attached hydrogens (tertiary/aromatic N) is 3. The lowest BCUT2D eigenvalue weighted by Gasteiger charge is -2.37. The average molecular weight is 315 g/mol. The van der Waals surface area contributed by atoms with E-state index in [0.717, 1.165) is 12.3 Å². The van der Waals surface area contributed by atoms with Crippen LogP contribution in [0.15, 0.2) is 40.3 Å². The fraction of sp³-hybridized carbons (Fsp3) is 0.529. The molecule has 124 valence electrons. The third kappa shape index (κ3) is 3.64. The first-order chi connectivity index (χ1) is 11.0. The lowest BCUT2D eigenvalue weighted by Crippen LogP contribution is -2.53. The normalized spacial score (nSPS) is 21.6. The van der Waals surface area contributed by atoms with Crippen LogP contribution in [0.3, 0.4) is 0 Å². The van der Waals surface area contributed by atoms with Crippen LogP contribution in [-0.2, 0) is 4.84 Å². The van der Waals surface area contributed by atoms with Crippen LogP contribution in [-0.4, -0.2) is 29.3 Å². The molecule has 1 atom stereocenters. The molecular formula is C17H25N5O. The van der Waals surface area contributed by atoms with Crippen LogP contribution in [0.1, 0.15) is 44.6 Å². The van der Waals surface area contributed by atoms with Crippen molar-refractivity contribution in [2.45, 2.75) is 44.7 Å². The predicted octanol–water partition coefficient (Wildman–Crippen LogP) is 2.18. The second-order valence-electron chi connectivity index (χ2n) is 6.71. The minimum atomic E-state index is -0.641. The molecule has 2 aliphatic rings. The molecule has 1 aliphatic heterocycles. The van der Waals surface area contributed by atoms with Gasteiger partial charge < -0.3 is 11.5 Å². The second kappa shape index (κ2) is 6.20. The van der Waals surface area contributed by atoms with Crippen LogP contribution >= 0.6 is 0 Å². The van der Waals surface area contributed by atoms with Gasteiger partial charge in [-0.3, -0.25) is 4.84 Å². The monoisotopic (exact) mass is 315 g/mol. The van der Waals surface area contributed by atoms with Gasteiger partial charge in [0.05, 0.1) is 6.61 Å². The number of rotatable bonds is 6. The van der Waals surface area contributed by atoms with Crippen molar-refractivity contribution < 1.29 is 4.84 Å². The molecule has 1 aromatic carbocycles. The molecule has 1 aliphatic carbocycles. The van der Waals surface area contributed by atoms with Gasteiger partial charge in [-0.2, -0.15) is 10.1 Å². The highest BCUT2D eigenvalue weighted by Crippen LogP contribution is 2.44. The topological polar surface area (TPSA) is 89.2 Å². The van der Waals surface area contributed by atoms with Gasteiger partial charge in [0.2, 0.25) is 11.9 Å². The first-order valence-electron chi connectivity index (χ1n) is 8.15. The molecule has 0 spiro atoms. The molecule has 0 bridgehead atoms. The highest BCUT2D eigenvalue weighted by molar-refractivity contribution is 5.95. The molecule has 4 N–H and O–H groups in total. The Hall–Kier alpha value is -2.08. The standard InChI is InChI=1S/C17H25N5O/c1-17(2)21-15(18)20-16(19)22(17)23-11-10-14(13-8-9-13)12-6-4-3-5-7-12/h3-7,13-14H,8-11H2,1-2H3,(H4,18,19,20,21). The molecule has 0 aromatic heterocycles. The van der Waals surface area contributed by atoms with E-state index in [-0.39, 0.29) is 11.9 Å². The van der Waals surface area contributed by atoms with Crippen LogP contribution in [0.5, 0.6) is 0 Å². The summed E-state index contributed by atoms with van der Waals surface area (Å²) in [6, 6.07) is 10.7. The molecule has 1 unspecified atom stereocenters. The fourth-order valence-corrected chi connectivity index (χ4v) is 3.16. The smallest absolute Gasteiger partial charge is 0.226 e. The predicted molar refractivity (Wildman–Crippen MR) is 91.6 cm³/mol. The molecule has 23 heavy (non-hydrogen) atoms. The number of hydrogen-bond donors (Lipinski definition) is 2. The van der Waals surface area contributed by atoms with E-state index in [4.69, 9.17) is 16.3 Å². The van der Waals surface area contributed by atoms with E-state index in [1.54, 1.807) is 5.06 Å². The molecule has 6 nitrogen and oxygen atoms in total. The maximum Gasteiger partial charge on any atom is 0.226 e. The molecule has 1 saturated carbocycles. The summed E-state index contributed by atoms with van der Waals surface area (Å²) in [6.45, 7) is 4.37. The van der Waals surface area contributed by atoms with E-state index in [2.05, 4.69) is 40.3 Å². The molecule has 1 aromatic rings. The van der Waals surface area contributed by atoms with Crippen molar-refractivity contribution >= 4 is 11.9 Å². The SMILES string of the molecule is CC1(C)N=C(N)N=C(N)N1OCCC(c1ccccc1)C1CC1. The molecule has 1 heterocycles. The number of guanidine groups is 2. The number of benzene rings is 1. The quantitative estimate of drug-likeness (QED) is 0.842. The van der Waals surface area contributed by atoms with Crippen molar-refractivity contribution in [1.29, 1.82) is 0 Å². The van der Waals surface area contributed by atoms with Crippen molar-refractivity contribution in [1.82, 2.24) is 5.06 Å². The van der Waals surface area contributed by atoms with E-state index in [9.17, 15) is 0 Å². The number of hydrogen-bond acceptors (Lipinski definition) is 6. The highest BCUT2D eigenvalue weighted by atomic mass is 16.7. The zero-order valence-electron chi connectivity index (χ0n) is 13.8. The lowest BCUT2D eigenvalue weighted by atomic mass is 9.91. The summed E-state index contributed by atoms with van der Waals surface area (Å²) < 4.78 is 0. The Kier molecular flexibility index (Phi) is 4.26. The highest BCUT2D eigenvalue weighted by Gasteiger charge is 2.35. The van der Waals surface area contributed by atoms with Crippen molar-refractivity contribution in [2.24, 2.45) is 27.4 Å². The Labute approximate surface area is 137 Å². The van der Waals surface area contributed by atoms with Gasteiger partial charge >= 0.3 is 0 Å². The van der Waals surface area contributed by atoms with Crippen LogP contribution in [0.25, 0.3) is 0 Å². The van der Waals surface area contributed by atoms with E-state index in [0.29, 0.717) is 12.5 Å². The van der Waals surface area contributed by atoms with E-state index in [1.165, 1.54) is 18.4 Å². The first kappa shape index (κ1) is 15.8. The van der Waals surface area contributed by atoms with Crippen molar-refractivity contribution in [2.75, 3.05) is 6.61 Å². The third-order valence-electron chi connectivity index (χ3n) is 4.39. The van der Waals surface area contributed by atoms with E-state index < -0.39 is 5.66 Å². The number of hydroxylamine groups is 2. The summed E-state index contributed by atoms with van der Waals surface area (Å²) in [5.74, 6) is 1.75. The summed E-state index contributed by atoms with van der Waals surface area (Å²) in [6.07, 6.45) is 3.56. The Morgan fingerprint density at radius 1 is 1.26 bits per heavy atom. The number of nitrogens with two attached hydrogens (primary N) is 2. The third-order valence-corrected chi connectivity index (χ3v) is 4.39. The van der Waals surface area contributed by atoms with Crippen LogP contribution < -0.4 is 11.5 Å². The van der Waals surface area contributed by atoms with Crippen LogP contribution in [0.4, 0.5) is 0 Å². The van der Waals surface area contributed by atoms with Gasteiger partial charge in [-0.1, -0.05) is 30.3 Å².